The van der Waals surface area contributed by atoms with Gasteiger partial charge in [-0.25, -0.2) is 4.98 Å². The Morgan fingerprint density at radius 3 is 2.88 bits per heavy atom. The number of aromatic nitrogens is 2. The van der Waals surface area contributed by atoms with Crippen molar-refractivity contribution >= 4 is 35.0 Å². The van der Waals surface area contributed by atoms with Crippen LogP contribution in [0.3, 0.4) is 0 Å². The molecule has 1 amide bonds. The minimum atomic E-state index is -0.469. The van der Waals surface area contributed by atoms with Gasteiger partial charge in [0.05, 0.1) is 18.0 Å². The Labute approximate surface area is 161 Å². The Balaban J connectivity index is 2.09. The third-order valence-corrected chi connectivity index (χ3v) is 4.86. The highest BCUT2D eigenvalue weighted by atomic mass is 35.5. The summed E-state index contributed by atoms with van der Waals surface area (Å²) >= 11 is 7.18. The maximum absolute atomic E-state index is 12.5. The molecule has 26 heavy (non-hydrogen) atoms. The summed E-state index contributed by atoms with van der Waals surface area (Å²) in [5.74, 6) is 0.283. The molecule has 2 aromatic rings. The predicted octanol–water partition coefficient (Wildman–Crippen LogP) is 3.89. The normalized spacial score (nSPS) is 11.8. The van der Waals surface area contributed by atoms with Crippen molar-refractivity contribution in [1.29, 1.82) is 0 Å². The number of amides is 1. The molecule has 6 nitrogen and oxygen atoms in total. The zero-order chi connectivity index (χ0) is 19.1. The van der Waals surface area contributed by atoms with Crippen LogP contribution in [0.5, 0.6) is 5.75 Å². The zero-order valence-corrected chi connectivity index (χ0v) is 16.5. The van der Waals surface area contributed by atoms with E-state index >= 15 is 0 Å². The second kappa shape index (κ2) is 9.64. The quantitative estimate of drug-likeness (QED) is 0.523. The third-order valence-electron chi connectivity index (χ3n) is 3.64. The first-order chi connectivity index (χ1) is 12.4. The minimum Gasteiger partial charge on any atom is -0.495 e. The van der Waals surface area contributed by atoms with E-state index in [4.69, 9.17) is 16.3 Å². The van der Waals surface area contributed by atoms with Gasteiger partial charge in [-0.15, -0.1) is 0 Å². The summed E-state index contributed by atoms with van der Waals surface area (Å²) in [5.41, 5.74) is 1.02. The van der Waals surface area contributed by atoms with E-state index in [1.165, 1.54) is 24.9 Å². The first kappa shape index (κ1) is 20.3. The van der Waals surface area contributed by atoms with E-state index < -0.39 is 5.25 Å². The van der Waals surface area contributed by atoms with Crippen molar-refractivity contribution in [2.75, 3.05) is 12.4 Å². The summed E-state index contributed by atoms with van der Waals surface area (Å²) in [6.45, 7) is 3.83. The molecular weight excluding hydrogens is 374 g/mol. The number of aromatic amines is 1. The molecule has 0 spiro atoms. The van der Waals surface area contributed by atoms with Gasteiger partial charge in [0.1, 0.15) is 5.75 Å². The Bertz CT molecular complexity index is 826. The fraction of sp³-hybridized carbons (Fsp3) is 0.389. The molecule has 0 saturated heterocycles. The van der Waals surface area contributed by atoms with Gasteiger partial charge in [-0.2, -0.15) is 0 Å². The molecule has 0 aliphatic heterocycles. The van der Waals surface area contributed by atoms with E-state index in [-0.39, 0.29) is 11.5 Å². The lowest BCUT2D eigenvalue weighted by atomic mass is 10.2. The number of methoxy groups -OCH3 is 1. The number of unbranched alkanes of at least 4 members (excludes halogenated alkanes) is 1. The number of anilines is 1. The van der Waals surface area contributed by atoms with Gasteiger partial charge in [0, 0.05) is 16.8 Å². The van der Waals surface area contributed by atoms with Crippen LogP contribution in [0.4, 0.5) is 5.69 Å². The average molecular weight is 396 g/mol. The Morgan fingerprint density at radius 2 is 2.19 bits per heavy atom. The molecule has 1 unspecified atom stereocenters. The number of nitrogens with zero attached hydrogens (tertiary/aromatic N) is 1. The number of ether oxygens (including phenoxy) is 1. The second-order valence-electron chi connectivity index (χ2n) is 5.74. The van der Waals surface area contributed by atoms with Crippen LogP contribution in [0.2, 0.25) is 5.02 Å². The van der Waals surface area contributed by atoms with E-state index in [1.54, 1.807) is 25.1 Å². The van der Waals surface area contributed by atoms with Gasteiger partial charge in [0.25, 0.3) is 5.56 Å². The summed E-state index contributed by atoms with van der Waals surface area (Å²) in [6, 6.07) is 6.50. The van der Waals surface area contributed by atoms with E-state index in [1.807, 2.05) is 0 Å². The molecule has 2 N–H and O–H groups in total. The lowest BCUT2D eigenvalue weighted by Gasteiger charge is -2.14. The van der Waals surface area contributed by atoms with E-state index in [0.717, 1.165) is 25.0 Å². The summed E-state index contributed by atoms with van der Waals surface area (Å²) < 4.78 is 5.23. The number of halogens is 1. The number of carbonyl (C=O) groups is 1. The van der Waals surface area contributed by atoms with Crippen LogP contribution in [-0.2, 0) is 11.2 Å². The fourth-order valence-corrected chi connectivity index (χ4v) is 3.26. The minimum absolute atomic E-state index is 0.210. The number of nitrogens with one attached hydrogen (secondary N) is 2. The van der Waals surface area contributed by atoms with Crippen LogP contribution in [0, 0.1) is 0 Å². The van der Waals surface area contributed by atoms with Gasteiger partial charge in [-0.1, -0.05) is 36.7 Å². The number of hydrogen-bond donors (Lipinski definition) is 2. The molecule has 1 heterocycles. The third kappa shape index (κ3) is 5.78. The summed E-state index contributed by atoms with van der Waals surface area (Å²) in [4.78, 5) is 31.4. The highest BCUT2D eigenvalue weighted by molar-refractivity contribution is 8.00. The molecule has 0 bridgehead atoms. The number of rotatable bonds is 8. The molecule has 140 valence electrons. The van der Waals surface area contributed by atoms with Gasteiger partial charge in [0.2, 0.25) is 5.91 Å². The molecule has 0 radical (unpaired) electrons. The van der Waals surface area contributed by atoms with Crippen LogP contribution in [0.25, 0.3) is 0 Å². The number of benzene rings is 1. The van der Waals surface area contributed by atoms with Crippen LogP contribution in [0.1, 0.15) is 32.4 Å². The average Bonchev–Trinajstić information content (AvgIpc) is 2.59. The molecule has 1 atom stereocenters. The SMILES string of the molecule is CCCCc1cc(=O)[nH]c(SC(C)C(=O)Nc2cc(Cl)ccc2OC)n1. The molecule has 0 saturated carbocycles. The molecule has 2 rings (SSSR count). The summed E-state index contributed by atoms with van der Waals surface area (Å²) in [5, 5.41) is 3.26. The standard InChI is InChI=1S/C18H22ClN3O3S/c1-4-5-6-13-10-16(23)22-18(20-13)26-11(2)17(24)21-14-9-12(19)7-8-15(14)25-3/h7-11H,4-6H2,1-3H3,(H,21,24)(H,20,22,23). The topological polar surface area (TPSA) is 84.1 Å². The largest absolute Gasteiger partial charge is 0.495 e. The molecule has 0 fully saturated rings. The first-order valence-corrected chi connectivity index (χ1v) is 9.60. The zero-order valence-electron chi connectivity index (χ0n) is 15.0. The second-order valence-corrected chi connectivity index (χ2v) is 7.51. The Morgan fingerprint density at radius 1 is 1.42 bits per heavy atom. The Hall–Kier alpha value is -1.99. The van der Waals surface area contributed by atoms with Crippen molar-refractivity contribution in [3.8, 4) is 5.75 Å². The maximum atomic E-state index is 12.5. The lowest BCUT2D eigenvalue weighted by Crippen LogP contribution is -2.23. The molecule has 0 aliphatic carbocycles. The molecule has 8 heteroatoms. The number of hydrogen-bond acceptors (Lipinski definition) is 5. The van der Waals surface area contributed by atoms with Gasteiger partial charge < -0.3 is 15.0 Å². The molecule has 0 aliphatic rings. The fourth-order valence-electron chi connectivity index (χ4n) is 2.26. The first-order valence-electron chi connectivity index (χ1n) is 8.34. The van der Waals surface area contributed by atoms with Crippen LogP contribution in [-0.4, -0.2) is 28.2 Å². The van der Waals surface area contributed by atoms with Crippen molar-refractivity contribution in [2.45, 2.75) is 43.5 Å². The van der Waals surface area contributed by atoms with Crippen molar-refractivity contribution in [1.82, 2.24) is 9.97 Å². The van der Waals surface area contributed by atoms with Crippen molar-refractivity contribution in [3.63, 3.8) is 0 Å². The monoisotopic (exact) mass is 395 g/mol. The number of aryl methyl sites for hydroxylation is 1. The smallest absolute Gasteiger partial charge is 0.251 e. The van der Waals surface area contributed by atoms with E-state index in [2.05, 4.69) is 22.2 Å². The summed E-state index contributed by atoms with van der Waals surface area (Å²) in [7, 11) is 1.52. The lowest BCUT2D eigenvalue weighted by molar-refractivity contribution is -0.115. The maximum Gasteiger partial charge on any atom is 0.251 e. The molecular formula is C18H22ClN3O3S. The predicted molar refractivity (Wildman–Crippen MR) is 105 cm³/mol. The van der Waals surface area contributed by atoms with E-state index in [9.17, 15) is 9.59 Å². The molecule has 1 aromatic carbocycles. The van der Waals surface area contributed by atoms with Crippen LogP contribution >= 0.6 is 23.4 Å². The highest BCUT2D eigenvalue weighted by Gasteiger charge is 2.18. The van der Waals surface area contributed by atoms with Crippen molar-refractivity contribution < 1.29 is 9.53 Å². The van der Waals surface area contributed by atoms with Crippen molar-refractivity contribution in [2.24, 2.45) is 0 Å². The number of thioether (sulfide) groups is 1. The number of carbonyl (C=O) groups excluding carboxylic acids is 1. The van der Waals surface area contributed by atoms with Crippen LogP contribution < -0.4 is 15.6 Å². The van der Waals surface area contributed by atoms with Crippen molar-refractivity contribution in [3.05, 3.63) is 45.3 Å². The Kier molecular flexibility index (Phi) is 7.53. The van der Waals surface area contributed by atoms with Gasteiger partial charge in [-0.05, 0) is 38.0 Å². The molecule has 1 aromatic heterocycles. The van der Waals surface area contributed by atoms with Crippen LogP contribution in [0.15, 0.2) is 34.2 Å². The summed E-state index contributed by atoms with van der Waals surface area (Å²) in [6.07, 6.45) is 2.73. The van der Waals surface area contributed by atoms with Gasteiger partial charge >= 0.3 is 0 Å². The van der Waals surface area contributed by atoms with E-state index in [0.29, 0.717) is 21.6 Å². The number of H-pyrrole nitrogens is 1. The van der Waals surface area contributed by atoms with Gasteiger partial charge in [-0.3, -0.25) is 9.59 Å². The highest BCUT2D eigenvalue weighted by Crippen LogP contribution is 2.29. The van der Waals surface area contributed by atoms with Gasteiger partial charge in [0.15, 0.2) is 5.16 Å².